The molecule has 0 atom stereocenters. The van der Waals surface area contributed by atoms with Crippen molar-refractivity contribution in [3.05, 3.63) is 54.1 Å². The molecule has 0 N–H and O–H groups in total. The number of nitrogens with zero attached hydrogens (tertiary/aromatic N) is 2. The van der Waals surface area contributed by atoms with Gasteiger partial charge in [0.25, 0.3) is 5.91 Å². The smallest absolute Gasteiger partial charge is 0.416 e. The SMILES string of the molecule is COc1ccc(OCC(=O)N2CCCSC2=Nc2cccc(C(F)(F)F)c2)cc1. The Balaban J connectivity index is 1.71. The van der Waals surface area contributed by atoms with E-state index in [-0.39, 0.29) is 18.2 Å². The molecule has 3 rings (SSSR count). The molecule has 0 spiro atoms. The molecule has 1 heterocycles. The van der Waals surface area contributed by atoms with Gasteiger partial charge in [-0.3, -0.25) is 9.69 Å². The van der Waals surface area contributed by atoms with Gasteiger partial charge in [0.2, 0.25) is 0 Å². The molecule has 0 aliphatic carbocycles. The van der Waals surface area contributed by atoms with Crippen molar-refractivity contribution in [3.63, 3.8) is 0 Å². The Hall–Kier alpha value is -2.68. The van der Waals surface area contributed by atoms with E-state index in [0.29, 0.717) is 23.2 Å². The number of carbonyl (C=O) groups excluding carboxylic acids is 1. The van der Waals surface area contributed by atoms with Crippen molar-refractivity contribution in [2.45, 2.75) is 12.6 Å². The maximum atomic E-state index is 12.9. The minimum atomic E-state index is -4.45. The lowest BCUT2D eigenvalue weighted by Gasteiger charge is -2.27. The third-order valence-electron chi connectivity index (χ3n) is 4.11. The molecular weight excluding hydrogens is 405 g/mol. The largest absolute Gasteiger partial charge is 0.497 e. The quantitative estimate of drug-likeness (QED) is 0.695. The molecule has 0 unspecified atom stereocenters. The molecule has 1 aliphatic heterocycles. The number of hydrogen-bond acceptors (Lipinski definition) is 5. The molecule has 1 fully saturated rings. The summed E-state index contributed by atoms with van der Waals surface area (Å²) in [5, 5.41) is 0.374. The van der Waals surface area contributed by atoms with Gasteiger partial charge in [0, 0.05) is 12.3 Å². The van der Waals surface area contributed by atoms with E-state index in [1.807, 2.05) is 0 Å². The summed E-state index contributed by atoms with van der Waals surface area (Å²) in [5.41, 5.74) is -0.626. The summed E-state index contributed by atoms with van der Waals surface area (Å²) in [6.07, 6.45) is -3.68. The van der Waals surface area contributed by atoms with Crippen LogP contribution < -0.4 is 9.47 Å². The second-order valence-electron chi connectivity index (χ2n) is 6.15. The predicted octanol–water partition coefficient (Wildman–Crippen LogP) is 4.75. The van der Waals surface area contributed by atoms with Crippen LogP contribution in [0, 0.1) is 0 Å². The molecule has 0 radical (unpaired) electrons. The lowest BCUT2D eigenvalue weighted by Crippen LogP contribution is -2.41. The molecule has 2 aromatic rings. The molecule has 154 valence electrons. The first kappa shape index (κ1) is 21.0. The zero-order valence-corrected chi connectivity index (χ0v) is 16.4. The van der Waals surface area contributed by atoms with Crippen LogP contribution in [-0.2, 0) is 11.0 Å². The van der Waals surface area contributed by atoms with Crippen molar-refractivity contribution in [1.29, 1.82) is 0 Å². The summed E-state index contributed by atoms with van der Waals surface area (Å²) < 4.78 is 49.3. The molecule has 29 heavy (non-hydrogen) atoms. The molecule has 5 nitrogen and oxygen atoms in total. The lowest BCUT2D eigenvalue weighted by atomic mass is 10.2. The Kier molecular flexibility index (Phi) is 6.68. The van der Waals surface area contributed by atoms with E-state index in [1.165, 1.54) is 28.8 Å². The highest BCUT2D eigenvalue weighted by Crippen LogP contribution is 2.32. The van der Waals surface area contributed by atoms with Crippen LogP contribution in [0.25, 0.3) is 0 Å². The lowest BCUT2D eigenvalue weighted by molar-refractivity contribution is -0.137. The van der Waals surface area contributed by atoms with Gasteiger partial charge in [0.1, 0.15) is 11.5 Å². The van der Waals surface area contributed by atoms with Gasteiger partial charge in [-0.15, -0.1) is 0 Å². The summed E-state index contributed by atoms with van der Waals surface area (Å²) in [7, 11) is 1.55. The highest BCUT2D eigenvalue weighted by molar-refractivity contribution is 8.13. The number of rotatable bonds is 5. The molecule has 2 aromatic carbocycles. The summed E-state index contributed by atoms with van der Waals surface area (Å²) in [6.45, 7) is 0.240. The first-order valence-corrected chi connectivity index (χ1v) is 9.81. The highest BCUT2D eigenvalue weighted by atomic mass is 32.2. The fourth-order valence-electron chi connectivity index (χ4n) is 2.64. The summed E-state index contributed by atoms with van der Waals surface area (Å²) in [6, 6.07) is 11.6. The summed E-state index contributed by atoms with van der Waals surface area (Å²) in [4.78, 5) is 18.4. The number of amides is 1. The van der Waals surface area contributed by atoms with E-state index in [1.54, 1.807) is 31.4 Å². The minimum Gasteiger partial charge on any atom is -0.497 e. The average molecular weight is 424 g/mol. The van der Waals surface area contributed by atoms with Crippen LogP contribution in [0.4, 0.5) is 18.9 Å². The van der Waals surface area contributed by atoms with E-state index in [9.17, 15) is 18.0 Å². The fourth-order valence-corrected chi connectivity index (χ4v) is 3.62. The van der Waals surface area contributed by atoms with Crippen molar-refractivity contribution < 1.29 is 27.4 Å². The summed E-state index contributed by atoms with van der Waals surface area (Å²) >= 11 is 1.34. The van der Waals surface area contributed by atoms with Crippen LogP contribution in [0.1, 0.15) is 12.0 Å². The Morgan fingerprint density at radius 2 is 1.90 bits per heavy atom. The Labute approximate surface area is 170 Å². The zero-order chi connectivity index (χ0) is 20.9. The van der Waals surface area contributed by atoms with E-state index in [2.05, 4.69) is 4.99 Å². The van der Waals surface area contributed by atoms with E-state index >= 15 is 0 Å². The van der Waals surface area contributed by atoms with Crippen LogP contribution >= 0.6 is 11.8 Å². The molecule has 0 bridgehead atoms. The van der Waals surface area contributed by atoms with E-state index in [4.69, 9.17) is 9.47 Å². The van der Waals surface area contributed by atoms with Crippen molar-refractivity contribution in [2.75, 3.05) is 26.0 Å². The molecule has 1 amide bonds. The number of alkyl halides is 3. The van der Waals surface area contributed by atoms with Gasteiger partial charge in [-0.1, -0.05) is 17.8 Å². The van der Waals surface area contributed by atoms with Gasteiger partial charge in [-0.25, -0.2) is 4.99 Å². The standard InChI is InChI=1S/C20H19F3N2O3S/c1-27-16-6-8-17(9-7-16)28-13-18(26)25-10-3-11-29-19(25)24-15-5-2-4-14(12-15)20(21,22)23/h2,4-9,12H,3,10-11,13H2,1H3. The minimum absolute atomic E-state index is 0.151. The number of benzene rings is 2. The molecule has 0 aromatic heterocycles. The van der Waals surface area contributed by atoms with Crippen LogP contribution in [0.2, 0.25) is 0 Å². The number of ether oxygens (including phenoxy) is 2. The first-order chi connectivity index (χ1) is 13.9. The normalized spacial score (nSPS) is 16.0. The van der Waals surface area contributed by atoms with Crippen LogP contribution in [0.3, 0.4) is 0 Å². The summed E-state index contributed by atoms with van der Waals surface area (Å²) in [5.74, 6) is 1.62. The Bertz CT molecular complexity index is 885. The molecule has 1 aliphatic rings. The van der Waals surface area contributed by atoms with Gasteiger partial charge < -0.3 is 9.47 Å². The van der Waals surface area contributed by atoms with Gasteiger partial charge in [-0.05, 0) is 48.9 Å². The number of thioether (sulfide) groups is 1. The van der Waals surface area contributed by atoms with Crippen molar-refractivity contribution in [2.24, 2.45) is 4.99 Å². The van der Waals surface area contributed by atoms with Gasteiger partial charge in [-0.2, -0.15) is 13.2 Å². The molecule has 1 saturated heterocycles. The number of halogens is 3. The maximum absolute atomic E-state index is 12.9. The van der Waals surface area contributed by atoms with Crippen LogP contribution in [0.15, 0.2) is 53.5 Å². The van der Waals surface area contributed by atoms with Crippen molar-refractivity contribution >= 4 is 28.5 Å². The molecule has 9 heteroatoms. The van der Waals surface area contributed by atoms with Gasteiger partial charge >= 0.3 is 6.18 Å². The molecule has 0 saturated carbocycles. The Morgan fingerprint density at radius 1 is 1.17 bits per heavy atom. The number of aliphatic imine (C=N–C) groups is 1. The monoisotopic (exact) mass is 424 g/mol. The van der Waals surface area contributed by atoms with Crippen LogP contribution in [-0.4, -0.2) is 42.0 Å². The number of carbonyl (C=O) groups is 1. The third-order valence-corrected chi connectivity index (χ3v) is 5.17. The highest BCUT2D eigenvalue weighted by Gasteiger charge is 2.30. The predicted molar refractivity (Wildman–Crippen MR) is 106 cm³/mol. The second-order valence-corrected chi connectivity index (χ2v) is 7.22. The average Bonchev–Trinajstić information content (AvgIpc) is 2.72. The zero-order valence-electron chi connectivity index (χ0n) is 15.6. The topological polar surface area (TPSA) is 51.1 Å². The maximum Gasteiger partial charge on any atom is 0.416 e. The number of amidine groups is 1. The van der Waals surface area contributed by atoms with Gasteiger partial charge in [0.15, 0.2) is 11.8 Å². The molecular formula is C20H19F3N2O3S. The van der Waals surface area contributed by atoms with Crippen molar-refractivity contribution in [1.82, 2.24) is 4.90 Å². The fraction of sp³-hybridized carbons (Fsp3) is 0.300. The van der Waals surface area contributed by atoms with Crippen LogP contribution in [0.5, 0.6) is 11.5 Å². The second kappa shape index (κ2) is 9.21. The van der Waals surface area contributed by atoms with Crippen molar-refractivity contribution in [3.8, 4) is 11.5 Å². The number of methoxy groups -OCH3 is 1. The first-order valence-electron chi connectivity index (χ1n) is 8.83. The van der Waals surface area contributed by atoms with Gasteiger partial charge in [0.05, 0.1) is 18.4 Å². The number of hydrogen-bond donors (Lipinski definition) is 0. The Morgan fingerprint density at radius 3 is 2.59 bits per heavy atom. The van der Waals surface area contributed by atoms with E-state index < -0.39 is 11.7 Å². The van der Waals surface area contributed by atoms with E-state index in [0.717, 1.165) is 24.3 Å². The third kappa shape index (κ3) is 5.66.